The first kappa shape index (κ1) is 15.4. The third kappa shape index (κ3) is 4.52. The predicted molar refractivity (Wildman–Crippen MR) is 85.1 cm³/mol. The van der Waals surface area contributed by atoms with E-state index in [1.807, 2.05) is 0 Å². The molecule has 0 aromatic heterocycles. The molecule has 1 fully saturated rings. The number of benzene rings is 1. The van der Waals surface area contributed by atoms with Gasteiger partial charge in [-0.3, -0.25) is 0 Å². The van der Waals surface area contributed by atoms with E-state index in [2.05, 4.69) is 50.4 Å². The quantitative estimate of drug-likeness (QED) is 0.823. The van der Waals surface area contributed by atoms with Crippen molar-refractivity contribution in [2.24, 2.45) is 5.92 Å². The highest BCUT2D eigenvalue weighted by molar-refractivity contribution is 5.33. The molecule has 1 saturated carbocycles. The summed E-state index contributed by atoms with van der Waals surface area (Å²) in [4.78, 5) is 0. The maximum atomic E-state index is 6.31. The molecule has 1 N–H and O–H groups in total. The van der Waals surface area contributed by atoms with Crippen LogP contribution in [0.1, 0.15) is 58.4 Å². The Morgan fingerprint density at radius 3 is 2.80 bits per heavy atom. The molecule has 2 unspecified atom stereocenters. The lowest BCUT2D eigenvalue weighted by Gasteiger charge is -2.29. The Balaban J connectivity index is 1.97. The molecule has 1 aromatic carbocycles. The highest BCUT2D eigenvalue weighted by Gasteiger charge is 2.22. The highest BCUT2D eigenvalue weighted by atomic mass is 16.5. The fraction of sp³-hybridized carbons (Fsp3) is 0.667. The van der Waals surface area contributed by atoms with Crippen LogP contribution in [0.5, 0.6) is 5.75 Å². The van der Waals surface area contributed by atoms with Crippen LogP contribution in [0, 0.1) is 5.92 Å². The predicted octanol–water partition coefficient (Wildman–Crippen LogP) is 4.53. The maximum Gasteiger partial charge on any atom is 0.124 e. The van der Waals surface area contributed by atoms with Crippen LogP contribution in [0.3, 0.4) is 0 Å². The Bertz CT molecular complexity index is 402. The zero-order valence-electron chi connectivity index (χ0n) is 13.2. The first-order chi connectivity index (χ1) is 9.69. The number of ether oxygens (including phenoxy) is 1. The summed E-state index contributed by atoms with van der Waals surface area (Å²) >= 11 is 0. The summed E-state index contributed by atoms with van der Waals surface area (Å²) in [6.07, 6.45) is 6.83. The van der Waals surface area contributed by atoms with Gasteiger partial charge in [-0.1, -0.05) is 51.8 Å². The lowest BCUT2D eigenvalue weighted by molar-refractivity contribution is 0.121. The standard InChI is InChI=1S/C18H29NO/c1-4-15-8-7-10-17(12-15)20-18-11-6-5-9-16(18)13-19-14(2)3/h5-6,9,11,14-15,17,19H,4,7-8,10,12-13H2,1-3H3. The number of hydrogen-bond donors (Lipinski definition) is 1. The summed E-state index contributed by atoms with van der Waals surface area (Å²) in [7, 11) is 0. The van der Waals surface area contributed by atoms with Gasteiger partial charge in [0, 0.05) is 18.2 Å². The van der Waals surface area contributed by atoms with Crippen LogP contribution in [0.4, 0.5) is 0 Å². The minimum Gasteiger partial charge on any atom is -0.490 e. The molecular formula is C18H29NO. The average molecular weight is 275 g/mol. The molecule has 0 radical (unpaired) electrons. The van der Waals surface area contributed by atoms with Crippen molar-refractivity contribution in [1.29, 1.82) is 0 Å². The minimum absolute atomic E-state index is 0.411. The Morgan fingerprint density at radius 1 is 1.25 bits per heavy atom. The monoisotopic (exact) mass is 275 g/mol. The van der Waals surface area contributed by atoms with Crippen LogP contribution in [0.25, 0.3) is 0 Å². The summed E-state index contributed by atoms with van der Waals surface area (Å²) in [5, 5.41) is 3.48. The van der Waals surface area contributed by atoms with Gasteiger partial charge in [-0.2, -0.15) is 0 Å². The number of nitrogens with one attached hydrogen (secondary N) is 1. The molecule has 1 aromatic rings. The summed E-state index contributed by atoms with van der Waals surface area (Å²) < 4.78 is 6.31. The van der Waals surface area contributed by atoms with Crippen LogP contribution in [-0.2, 0) is 6.54 Å². The maximum absolute atomic E-state index is 6.31. The van der Waals surface area contributed by atoms with E-state index >= 15 is 0 Å². The van der Waals surface area contributed by atoms with Gasteiger partial charge in [-0.25, -0.2) is 0 Å². The van der Waals surface area contributed by atoms with Crippen molar-refractivity contribution in [1.82, 2.24) is 5.32 Å². The van der Waals surface area contributed by atoms with E-state index in [0.29, 0.717) is 12.1 Å². The fourth-order valence-corrected chi connectivity index (χ4v) is 2.98. The lowest BCUT2D eigenvalue weighted by atomic mass is 9.85. The molecule has 1 aliphatic rings. The fourth-order valence-electron chi connectivity index (χ4n) is 2.98. The molecular weight excluding hydrogens is 246 g/mol. The van der Waals surface area contributed by atoms with Gasteiger partial charge in [0.1, 0.15) is 5.75 Å². The van der Waals surface area contributed by atoms with Crippen LogP contribution in [-0.4, -0.2) is 12.1 Å². The van der Waals surface area contributed by atoms with Gasteiger partial charge in [0.2, 0.25) is 0 Å². The largest absolute Gasteiger partial charge is 0.490 e. The number of para-hydroxylation sites is 1. The molecule has 2 heteroatoms. The second-order valence-electron chi connectivity index (χ2n) is 6.32. The average Bonchev–Trinajstić information content (AvgIpc) is 2.46. The smallest absolute Gasteiger partial charge is 0.124 e. The third-order valence-corrected chi connectivity index (χ3v) is 4.28. The van der Waals surface area contributed by atoms with Gasteiger partial charge >= 0.3 is 0 Å². The third-order valence-electron chi connectivity index (χ3n) is 4.28. The molecule has 2 atom stereocenters. The van der Waals surface area contributed by atoms with E-state index in [-0.39, 0.29) is 0 Å². The van der Waals surface area contributed by atoms with Crippen molar-refractivity contribution in [2.45, 2.75) is 71.6 Å². The van der Waals surface area contributed by atoms with Crippen LogP contribution < -0.4 is 10.1 Å². The van der Waals surface area contributed by atoms with E-state index in [4.69, 9.17) is 4.74 Å². The van der Waals surface area contributed by atoms with E-state index in [1.54, 1.807) is 0 Å². The zero-order valence-corrected chi connectivity index (χ0v) is 13.2. The van der Waals surface area contributed by atoms with E-state index in [1.165, 1.54) is 37.7 Å². The molecule has 0 saturated heterocycles. The SMILES string of the molecule is CCC1CCCC(Oc2ccccc2CNC(C)C)C1. The number of rotatable bonds is 6. The second-order valence-corrected chi connectivity index (χ2v) is 6.32. The van der Waals surface area contributed by atoms with Gasteiger partial charge in [0.15, 0.2) is 0 Å². The molecule has 2 nitrogen and oxygen atoms in total. The van der Waals surface area contributed by atoms with Gasteiger partial charge in [0.05, 0.1) is 6.10 Å². The Morgan fingerprint density at radius 2 is 2.05 bits per heavy atom. The number of hydrogen-bond acceptors (Lipinski definition) is 2. The Labute approximate surface area is 123 Å². The molecule has 20 heavy (non-hydrogen) atoms. The molecule has 0 bridgehead atoms. The lowest BCUT2D eigenvalue weighted by Crippen LogP contribution is -2.26. The van der Waals surface area contributed by atoms with Crippen LogP contribution in [0.2, 0.25) is 0 Å². The Hall–Kier alpha value is -1.02. The van der Waals surface area contributed by atoms with Gasteiger partial charge < -0.3 is 10.1 Å². The second kappa shape index (κ2) is 7.68. The van der Waals surface area contributed by atoms with Crippen LogP contribution in [0.15, 0.2) is 24.3 Å². The Kier molecular flexibility index (Phi) is 5.90. The summed E-state index contributed by atoms with van der Waals surface area (Å²) in [5.74, 6) is 1.93. The molecule has 0 spiro atoms. The molecule has 0 heterocycles. The topological polar surface area (TPSA) is 21.3 Å². The van der Waals surface area contributed by atoms with Gasteiger partial charge in [0.25, 0.3) is 0 Å². The van der Waals surface area contributed by atoms with Crippen molar-refractivity contribution in [3.63, 3.8) is 0 Å². The normalized spacial score (nSPS) is 23.0. The van der Waals surface area contributed by atoms with Crippen LogP contribution >= 0.6 is 0 Å². The first-order valence-corrected chi connectivity index (χ1v) is 8.17. The minimum atomic E-state index is 0.411. The zero-order chi connectivity index (χ0) is 14.4. The van der Waals surface area contributed by atoms with Gasteiger partial charge in [-0.05, 0) is 31.2 Å². The molecule has 0 amide bonds. The van der Waals surface area contributed by atoms with Crippen molar-refractivity contribution in [3.8, 4) is 5.75 Å². The molecule has 0 aliphatic heterocycles. The summed E-state index contributed by atoms with van der Waals surface area (Å²) in [6, 6.07) is 8.97. The van der Waals surface area contributed by atoms with Crippen molar-refractivity contribution < 1.29 is 4.74 Å². The van der Waals surface area contributed by atoms with Crippen molar-refractivity contribution in [3.05, 3.63) is 29.8 Å². The highest BCUT2D eigenvalue weighted by Crippen LogP contribution is 2.30. The molecule has 2 rings (SSSR count). The van der Waals surface area contributed by atoms with E-state index in [0.717, 1.165) is 18.2 Å². The van der Waals surface area contributed by atoms with Crippen molar-refractivity contribution in [2.75, 3.05) is 0 Å². The van der Waals surface area contributed by atoms with E-state index < -0.39 is 0 Å². The van der Waals surface area contributed by atoms with E-state index in [9.17, 15) is 0 Å². The first-order valence-electron chi connectivity index (χ1n) is 8.17. The molecule has 112 valence electrons. The summed E-state index contributed by atoms with van der Waals surface area (Å²) in [6.45, 7) is 7.54. The van der Waals surface area contributed by atoms with Gasteiger partial charge in [-0.15, -0.1) is 0 Å². The summed E-state index contributed by atoms with van der Waals surface area (Å²) in [5.41, 5.74) is 1.28. The molecule has 1 aliphatic carbocycles. The van der Waals surface area contributed by atoms with Crippen molar-refractivity contribution >= 4 is 0 Å².